The third-order valence-electron chi connectivity index (χ3n) is 6.53. The lowest BCUT2D eigenvalue weighted by molar-refractivity contribution is -0.192. The number of aliphatic hydroxyl groups is 1. The van der Waals surface area contributed by atoms with Crippen LogP contribution in [0.5, 0.6) is 0 Å². The number of fused-ring (bicyclic) bond motifs is 3. The number of aliphatic hydroxyl groups excluding tert-OH is 1. The normalized spacial score (nSPS) is 22.1. The Balaban J connectivity index is 0.000000429. The van der Waals surface area contributed by atoms with Gasteiger partial charge in [0.25, 0.3) is 11.5 Å². The predicted octanol–water partition coefficient (Wildman–Crippen LogP) is 2.93. The van der Waals surface area contributed by atoms with Gasteiger partial charge in [-0.1, -0.05) is 18.2 Å². The van der Waals surface area contributed by atoms with E-state index in [9.17, 15) is 27.9 Å². The van der Waals surface area contributed by atoms with Gasteiger partial charge in [0.05, 0.1) is 12.1 Å². The molecular formula is C24H30F3N3O5. The van der Waals surface area contributed by atoms with Gasteiger partial charge in [-0.15, -0.1) is 0 Å². The van der Waals surface area contributed by atoms with Crippen LogP contribution in [0, 0.1) is 0 Å². The number of hydrogen-bond acceptors (Lipinski definition) is 5. The highest BCUT2D eigenvalue weighted by atomic mass is 19.4. The fourth-order valence-corrected chi connectivity index (χ4v) is 5.10. The first-order valence-electron chi connectivity index (χ1n) is 11.6. The van der Waals surface area contributed by atoms with Gasteiger partial charge in [0.1, 0.15) is 5.56 Å². The molecule has 3 heterocycles. The number of amides is 1. The molecule has 35 heavy (non-hydrogen) atoms. The number of alkyl halides is 3. The highest BCUT2D eigenvalue weighted by Crippen LogP contribution is 2.35. The van der Waals surface area contributed by atoms with Gasteiger partial charge in [0, 0.05) is 30.7 Å². The first-order chi connectivity index (χ1) is 16.4. The summed E-state index contributed by atoms with van der Waals surface area (Å²) in [6, 6.07) is 10.3. The van der Waals surface area contributed by atoms with Gasteiger partial charge in [-0.2, -0.15) is 13.2 Å². The van der Waals surface area contributed by atoms with Crippen LogP contribution in [-0.2, 0) is 4.79 Å². The Kier molecular flexibility index (Phi) is 8.22. The summed E-state index contributed by atoms with van der Waals surface area (Å²) >= 11 is 0. The zero-order chi connectivity index (χ0) is 25.9. The minimum absolute atomic E-state index is 0.0253. The number of halogens is 3. The molecule has 1 unspecified atom stereocenters. The highest BCUT2D eigenvalue weighted by molar-refractivity contribution is 5.97. The van der Waals surface area contributed by atoms with Gasteiger partial charge in [-0.25, -0.2) is 4.79 Å². The number of carbonyl (C=O) groups excluding carboxylic acids is 1. The van der Waals surface area contributed by atoms with E-state index in [-0.39, 0.29) is 35.7 Å². The molecule has 0 spiro atoms. The topological polar surface area (TPSA) is 112 Å². The molecule has 2 fully saturated rings. The molecule has 0 saturated carbocycles. The summed E-state index contributed by atoms with van der Waals surface area (Å²) in [5.41, 5.74) is 0.846. The number of nitrogens with zero attached hydrogens (tertiary/aromatic N) is 2. The second-order valence-electron chi connectivity index (χ2n) is 9.18. The fourth-order valence-electron chi connectivity index (χ4n) is 5.10. The molecule has 192 valence electrons. The Hall–Kier alpha value is -2.92. The number of aliphatic carboxylic acids is 1. The van der Waals surface area contributed by atoms with E-state index in [1.54, 1.807) is 10.6 Å². The van der Waals surface area contributed by atoms with Crippen molar-refractivity contribution in [3.63, 3.8) is 0 Å². The standard InChI is InChI=1S/C22H29N3O3.C2HF3O2/c1-14(2)25-20-6-4-3-5-15(20)11-19(22(25)28)21(27)23-16-12-17-7-8-18(13-16)24(17)9-10-26;3-2(4,5)1(6)7/h3-6,11,14,16-18,26H,7-10,12-13H2,1-2H3,(H,23,27);(H,6,7)/t16?,17-,18+;. The Morgan fingerprint density at radius 2 is 1.71 bits per heavy atom. The molecule has 3 atom stereocenters. The van der Waals surface area contributed by atoms with Crippen molar-refractivity contribution in [1.82, 2.24) is 14.8 Å². The van der Waals surface area contributed by atoms with Gasteiger partial charge in [-0.3, -0.25) is 14.5 Å². The monoisotopic (exact) mass is 497 g/mol. The molecule has 11 heteroatoms. The maximum absolute atomic E-state index is 13.1. The van der Waals surface area contributed by atoms with Crippen LogP contribution in [0.1, 0.15) is 55.9 Å². The molecule has 0 aliphatic carbocycles. The van der Waals surface area contributed by atoms with E-state index in [0.29, 0.717) is 18.6 Å². The van der Waals surface area contributed by atoms with Crippen LogP contribution in [0.25, 0.3) is 10.9 Å². The lowest BCUT2D eigenvalue weighted by atomic mass is 9.97. The number of aromatic nitrogens is 1. The second-order valence-corrected chi connectivity index (χ2v) is 9.18. The average molecular weight is 498 g/mol. The summed E-state index contributed by atoms with van der Waals surface area (Å²) in [5, 5.41) is 20.4. The zero-order valence-corrected chi connectivity index (χ0v) is 19.6. The number of piperidine rings is 1. The number of para-hydroxylation sites is 1. The van der Waals surface area contributed by atoms with Gasteiger partial charge < -0.3 is 20.1 Å². The first-order valence-corrected chi connectivity index (χ1v) is 11.6. The molecule has 4 rings (SSSR count). The Labute approximate surface area is 200 Å². The summed E-state index contributed by atoms with van der Waals surface area (Å²) in [6.07, 6.45) is -1.08. The van der Waals surface area contributed by atoms with Crippen LogP contribution in [0.2, 0.25) is 0 Å². The molecule has 2 aliphatic heterocycles. The SMILES string of the molecule is CC(C)n1c(=O)c(C(=O)NC2C[C@H]3CC[C@@H](C2)N3CCO)cc2ccccc21.O=C(O)C(F)(F)F. The number of carboxylic acids is 1. The van der Waals surface area contributed by atoms with Crippen molar-refractivity contribution in [2.24, 2.45) is 0 Å². The van der Waals surface area contributed by atoms with Crippen LogP contribution in [0.15, 0.2) is 35.1 Å². The van der Waals surface area contributed by atoms with Crippen molar-refractivity contribution >= 4 is 22.8 Å². The summed E-state index contributed by atoms with van der Waals surface area (Å²) in [5.74, 6) is -3.03. The van der Waals surface area contributed by atoms with E-state index in [1.807, 2.05) is 38.1 Å². The number of carboxylic acid groups (broad SMARTS) is 1. The first kappa shape index (κ1) is 26.7. The van der Waals surface area contributed by atoms with E-state index >= 15 is 0 Å². The minimum atomic E-state index is -5.08. The van der Waals surface area contributed by atoms with E-state index in [1.165, 1.54) is 0 Å². The third-order valence-corrected chi connectivity index (χ3v) is 6.53. The van der Waals surface area contributed by atoms with Crippen molar-refractivity contribution in [3.05, 3.63) is 46.2 Å². The van der Waals surface area contributed by atoms with Crippen LogP contribution in [0.3, 0.4) is 0 Å². The van der Waals surface area contributed by atoms with E-state index in [4.69, 9.17) is 9.90 Å². The van der Waals surface area contributed by atoms with Crippen LogP contribution in [-0.4, -0.2) is 69.0 Å². The molecule has 2 aromatic rings. The van der Waals surface area contributed by atoms with Crippen molar-refractivity contribution in [3.8, 4) is 0 Å². The smallest absolute Gasteiger partial charge is 0.475 e. The molecular weight excluding hydrogens is 467 g/mol. The predicted molar refractivity (Wildman–Crippen MR) is 123 cm³/mol. The Morgan fingerprint density at radius 1 is 1.14 bits per heavy atom. The summed E-state index contributed by atoms with van der Waals surface area (Å²) in [6.45, 7) is 4.81. The average Bonchev–Trinajstić information content (AvgIpc) is 3.00. The lowest BCUT2D eigenvalue weighted by Crippen LogP contribution is -2.51. The van der Waals surface area contributed by atoms with Crippen LogP contribution in [0.4, 0.5) is 13.2 Å². The molecule has 8 nitrogen and oxygen atoms in total. The maximum Gasteiger partial charge on any atom is 0.490 e. The quantitative estimate of drug-likeness (QED) is 0.586. The number of rotatable bonds is 5. The largest absolute Gasteiger partial charge is 0.490 e. The number of hydrogen-bond donors (Lipinski definition) is 3. The van der Waals surface area contributed by atoms with Gasteiger partial charge >= 0.3 is 12.1 Å². The van der Waals surface area contributed by atoms with E-state index in [0.717, 1.165) is 36.6 Å². The maximum atomic E-state index is 13.1. The second kappa shape index (κ2) is 10.8. The van der Waals surface area contributed by atoms with Crippen molar-refractivity contribution in [2.75, 3.05) is 13.2 Å². The summed E-state index contributed by atoms with van der Waals surface area (Å²) in [4.78, 5) is 37.3. The molecule has 1 amide bonds. The van der Waals surface area contributed by atoms with Crippen LogP contribution >= 0.6 is 0 Å². The summed E-state index contributed by atoms with van der Waals surface area (Å²) < 4.78 is 33.4. The summed E-state index contributed by atoms with van der Waals surface area (Å²) in [7, 11) is 0. The van der Waals surface area contributed by atoms with Crippen LogP contribution < -0.4 is 10.9 Å². The number of pyridine rings is 1. The number of benzene rings is 1. The lowest BCUT2D eigenvalue weighted by Gasteiger charge is -2.38. The van der Waals surface area contributed by atoms with Gasteiger partial charge in [0.15, 0.2) is 0 Å². The number of carbonyl (C=O) groups is 2. The van der Waals surface area contributed by atoms with E-state index < -0.39 is 12.1 Å². The minimum Gasteiger partial charge on any atom is -0.475 e. The van der Waals surface area contributed by atoms with Gasteiger partial charge in [-0.05, 0) is 57.0 Å². The zero-order valence-electron chi connectivity index (χ0n) is 19.6. The van der Waals surface area contributed by atoms with Crippen molar-refractivity contribution in [1.29, 1.82) is 0 Å². The fraction of sp³-hybridized carbons (Fsp3) is 0.542. The third kappa shape index (κ3) is 6.02. The molecule has 2 bridgehead atoms. The molecule has 1 aromatic heterocycles. The Morgan fingerprint density at radius 3 is 2.23 bits per heavy atom. The molecule has 2 aliphatic rings. The molecule has 2 saturated heterocycles. The Bertz CT molecular complexity index is 1120. The highest BCUT2D eigenvalue weighted by Gasteiger charge is 2.41. The van der Waals surface area contributed by atoms with Crippen molar-refractivity contribution in [2.45, 2.75) is 69.9 Å². The molecule has 0 radical (unpaired) electrons. The molecule has 3 N–H and O–H groups in total. The van der Waals surface area contributed by atoms with Gasteiger partial charge in [0.2, 0.25) is 0 Å². The molecule has 1 aromatic carbocycles. The number of nitrogens with one attached hydrogen (secondary N) is 1. The van der Waals surface area contributed by atoms with Crippen molar-refractivity contribution < 1.29 is 33.0 Å². The van der Waals surface area contributed by atoms with E-state index in [2.05, 4.69) is 10.2 Å².